The highest BCUT2D eigenvalue weighted by molar-refractivity contribution is 5.94. The second-order valence-corrected chi connectivity index (χ2v) is 7.20. The Morgan fingerprint density at radius 1 is 1.10 bits per heavy atom. The van der Waals surface area contributed by atoms with Crippen LogP contribution in [0.3, 0.4) is 0 Å². The third kappa shape index (κ3) is 4.85. The van der Waals surface area contributed by atoms with Gasteiger partial charge >= 0.3 is 12.0 Å². The maximum absolute atomic E-state index is 12.8. The first-order chi connectivity index (χ1) is 15.1. The molecule has 4 rings (SSSR count). The van der Waals surface area contributed by atoms with Crippen LogP contribution in [-0.4, -0.2) is 48.6 Å². The van der Waals surface area contributed by atoms with Crippen molar-refractivity contribution in [2.24, 2.45) is 0 Å². The van der Waals surface area contributed by atoms with Crippen LogP contribution in [0.1, 0.15) is 21.7 Å². The van der Waals surface area contributed by atoms with Crippen molar-refractivity contribution in [1.29, 1.82) is 0 Å². The lowest BCUT2D eigenvalue weighted by Gasteiger charge is -2.16. The van der Waals surface area contributed by atoms with Crippen LogP contribution in [0.25, 0.3) is 0 Å². The molecule has 0 aliphatic carbocycles. The maximum atomic E-state index is 12.8. The third-order valence-electron chi connectivity index (χ3n) is 5.12. The average molecular weight is 420 g/mol. The Morgan fingerprint density at radius 2 is 1.87 bits per heavy atom. The van der Waals surface area contributed by atoms with Gasteiger partial charge in [0.15, 0.2) is 0 Å². The van der Waals surface area contributed by atoms with Crippen molar-refractivity contribution < 1.29 is 18.7 Å². The number of benzene rings is 2. The van der Waals surface area contributed by atoms with Crippen LogP contribution in [0, 0.1) is 0 Å². The molecule has 1 fully saturated rings. The molecule has 1 aliphatic heterocycles. The summed E-state index contributed by atoms with van der Waals surface area (Å²) < 4.78 is 10.7. The molecule has 1 saturated heterocycles. The SMILES string of the molecule is COc1ccc(CN2CCN(c3ncc(C(=O)NCCc4ccccc4)o3)C2=O)cc1. The van der Waals surface area contributed by atoms with Crippen molar-refractivity contribution in [1.82, 2.24) is 15.2 Å². The van der Waals surface area contributed by atoms with Gasteiger partial charge in [0.2, 0.25) is 5.76 Å². The second kappa shape index (κ2) is 9.34. The van der Waals surface area contributed by atoms with Crippen molar-refractivity contribution in [3.05, 3.63) is 77.7 Å². The number of hydrogen-bond acceptors (Lipinski definition) is 5. The zero-order valence-corrected chi connectivity index (χ0v) is 17.3. The summed E-state index contributed by atoms with van der Waals surface area (Å²) in [5.41, 5.74) is 2.14. The van der Waals surface area contributed by atoms with Crippen LogP contribution in [0.5, 0.6) is 5.75 Å². The summed E-state index contributed by atoms with van der Waals surface area (Å²) in [5, 5.41) is 2.82. The van der Waals surface area contributed by atoms with Gasteiger partial charge in [-0.15, -0.1) is 0 Å². The molecular formula is C23H24N4O4. The number of aromatic nitrogens is 1. The van der Waals surface area contributed by atoms with E-state index in [4.69, 9.17) is 9.15 Å². The zero-order chi connectivity index (χ0) is 21.6. The Hall–Kier alpha value is -3.81. The monoisotopic (exact) mass is 420 g/mol. The van der Waals surface area contributed by atoms with E-state index in [1.165, 1.54) is 11.1 Å². The van der Waals surface area contributed by atoms with Crippen molar-refractivity contribution in [2.75, 3.05) is 31.6 Å². The molecule has 1 N–H and O–H groups in total. The van der Waals surface area contributed by atoms with Gasteiger partial charge in [0.25, 0.3) is 5.91 Å². The predicted molar refractivity (Wildman–Crippen MR) is 115 cm³/mol. The zero-order valence-electron chi connectivity index (χ0n) is 17.3. The third-order valence-corrected chi connectivity index (χ3v) is 5.12. The van der Waals surface area contributed by atoms with Gasteiger partial charge in [-0.1, -0.05) is 42.5 Å². The molecule has 0 saturated carbocycles. The number of methoxy groups -OCH3 is 1. The number of rotatable bonds is 8. The Morgan fingerprint density at radius 3 is 2.61 bits per heavy atom. The van der Waals surface area contributed by atoms with Crippen LogP contribution >= 0.6 is 0 Å². The van der Waals surface area contributed by atoms with E-state index in [2.05, 4.69) is 10.3 Å². The number of carbonyl (C=O) groups is 2. The highest BCUT2D eigenvalue weighted by Crippen LogP contribution is 2.22. The molecule has 1 aliphatic rings. The van der Waals surface area contributed by atoms with Gasteiger partial charge in [0, 0.05) is 26.2 Å². The molecule has 3 amide bonds. The van der Waals surface area contributed by atoms with Gasteiger partial charge in [0.05, 0.1) is 13.3 Å². The number of hydrogen-bond donors (Lipinski definition) is 1. The van der Waals surface area contributed by atoms with Crippen molar-refractivity contribution in [3.63, 3.8) is 0 Å². The first kappa shape index (κ1) is 20.5. The minimum Gasteiger partial charge on any atom is -0.497 e. The Bertz CT molecular complexity index is 1030. The number of nitrogens with one attached hydrogen (secondary N) is 1. The van der Waals surface area contributed by atoms with Gasteiger partial charge in [-0.3, -0.25) is 4.79 Å². The Balaban J connectivity index is 1.31. The first-order valence-corrected chi connectivity index (χ1v) is 10.1. The largest absolute Gasteiger partial charge is 0.497 e. The van der Waals surface area contributed by atoms with E-state index in [-0.39, 0.29) is 23.7 Å². The van der Waals surface area contributed by atoms with E-state index < -0.39 is 0 Å². The Kier molecular flexibility index (Phi) is 6.16. The van der Waals surface area contributed by atoms with Gasteiger partial charge in [-0.2, -0.15) is 0 Å². The van der Waals surface area contributed by atoms with Crippen LogP contribution in [0.15, 0.2) is 65.2 Å². The summed E-state index contributed by atoms with van der Waals surface area (Å²) in [6.07, 6.45) is 2.07. The molecule has 3 aromatic rings. The van der Waals surface area contributed by atoms with Crippen molar-refractivity contribution in [3.8, 4) is 5.75 Å². The molecule has 160 valence electrons. The maximum Gasteiger partial charge on any atom is 0.328 e. The summed E-state index contributed by atoms with van der Waals surface area (Å²) in [6.45, 7) is 1.96. The molecular weight excluding hydrogens is 396 g/mol. The molecule has 0 radical (unpaired) electrons. The predicted octanol–water partition coefficient (Wildman–Crippen LogP) is 3.10. The molecule has 0 bridgehead atoms. The summed E-state index contributed by atoms with van der Waals surface area (Å²) in [7, 11) is 1.62. The van der Waals surface area contributed by atoms with Crippen LogP contribution in [0.2, 0.25) is 0 Å². The van der Waals surface area contributed by atoms with Crippen LogP contribution in [-0.2, 0) is 13.0 Å². The van der Waals surface area contributed by atoms with Gasteiger partial charge < -0.3 is 19.4 Å². The van der Waals surface area contributed by atoms with Crippen molar-refractivity contribution in [2.45, 2.75) is 13.0 Å². The minimum absolute atomic E-state index is 0.0875. The molecule has 0 atom stereocenters. The second-order valence-electron chi connectivity index (χ2n) is 7.20. The van der Waals surface area contributed by atoms with E-state index in [1.54, 1.807) is 12.0 Å². The van der Waals surface area contributed by atoms with Crippen molar-refractivity contribution >= 4 is 18.0 Å². The standard InChI is InChI=1S/C23H24N4O4/c1-30-19-9-7-18(8-10-19)16-26-13-14-27(23(26)29)22-25-15-20(31-22)21(28)24-12-11-17-5-3-2-4-6-17/h2-10,15H,11-14,16H2,1H3,(H,24,28). The van der Waals surface area contributed by atoms with Gasteiger partial charge in [-0.05, 0) is 29.7 Å². The number of ether oxygens (including phenoxy) is 1. The average Bonchev–Trinajstić information content (AvgIpc) is 3.42. The highest BCUT2D eigenvalue weighted by atomic mass is 16.5. The lowest BCUT2D eigenvalue weighted by atomic mass is 10.1. The number of nitrogens with zero attached hydrogens (tertiary/aromatic N) is 3. The highest BCUT2D eigenvalue weighted by Gasteiger charge is 2.33. The summed E-state index contributed by atoms with van der Waals surface area (Å²) in [6, 6.07) is 17.4. The molecule has 8 nitrogen and oxygen atoms in total. The summed E-state index contributed by atoms with van der Waals surface area (Å²) >= 11 is 0. The fraction of sp³-hybridized carbons (Fsp3) is 0.261. The fourth-order valence-corrected chi connectivity index (χ4v) is 3.41. The van der Waals surface area contributed by atoms with Crippen LogP contribution in [0.4, 0.5) is 10.8 Å². The molecule has 0 unspecified atom stereocenters. The molecule has 2 aromatic carbocycles. The number of carbonyl (C=O) groups excluding carboxylic acids is 2. The fourth-order valence-electron chi connectivity index (χ4n) is 3.41. The number of urea groups is 1. The molecule has 8 heteroatoms. The lowest BCUT2D eigenvalue weighted by molar-refractivity contribution is 0.0927. The summed E-state index contributed by atoms with van der Waals surface area (Å²) in [4.78, 5) is 32.4. The normalized spacial score (nSPS) is 13.5. The quantitative estimate of drug-likeness (QED) is 0.605. The topological polar surface area (TPSA) is 87.9 Å². The number of amides is 3. The summed E-state index contributed by atoms with van der Waals surface area (Å²) in [5.74, 6) is 0.508. The van der Waals surface area contributed by atoms with E-state index in [0.717, 1.165) is 23.3 Å². The first-order valence-electron chi connectivity index (χ1n) is 10.1. The van der Waals surface area contributed by atoms with E-state index in [1.807, 2.05) is 54.6 Å². The van der Waals surface area contributed by atoms with Gasteiger partial charge in [-0.25, -0.2) is 14.7 Å². The van der Waals surface area contributed by atoms with Gasteiger partial charge in [0.1, 0.15) is 5.75 Å². The molecule has 2 heterocycles. The van der Waals surface area contributed by atoms with E-state index in [0.29, 0.717) is 26.2 Å². The Labute approximate surface area is 180 Å². The van der Waals surface area contributed by atoms with E-state index >= 15 is 0 Å². The van der Waals surface area contributed by atoms with E-state index in [9.17, 15) is 9.59 Å². The lowest BCUT2D eigenvalue weighted by Crippen LogP contribution is -2.31. The molecule has 1 aromatic heterocycles. The molecule has 0 spiro atoms. The number of oxazole rings is 1. The number of anilines is 1. The minimum atomic E-state index is -0.351. The van der Waals surface area contributed by atoms with Crippen LogP contribution < -0.4 is 15.0 Å². The smallest absolute Gasteiger partial charge is 0.328 e. The molecule has 31 heavy (non-hydrogen) atoms.